The molecule has 9 atom stereocenters. The molecule has 4 saturated carbocycles. The average Bonchev–Trinajstić information content (AvgIpc) is 1.55. The zero-order chi connectivity index (χ0) is 79.2. The number of phenols is 2. The fraction of sp³-hybridized carbons (Fsp3) is 0.436. The van der Waals surface area contributed by atoms with Gasteiger partial charge in [0.2, 0.25) is 68.8 Å². The number of fused-ring (bicyclic) bond motifs is 12. The summed E-state index contributed by atoms with van der Waals surface area (Å²) in [4.78, 5) is 121. The standard InChI is InChI=1S/C78H89Cl2N11O19S/c1-5-6-7-20-108-44-11-13-45(14-12-44)111(106,107)84-19-18-83-34-48-54(92)32-47-60-46-27-38(8-15-49(46)78(104,105)61(48)60)63-73(99)91-67(77(103)89-65(47)75(101)86-62-41-23-36-22-37(25-41)26-42(62)24-36)69(95)40-10-17-56(51(80)29-40)110-58-31-43-30-57(70(58)96)109-55-16-9-39(28-50(55)79)68(94)66(90-71(97)52(82-4)21-35(2)3)76(102)85-53(33-59(81)93)72(98)87-64(43)74(100)88-63/h8-17,27-32,35-37,41-42,52-53,62-69,82-84,92,94-96,104-105H,5-7,18-26,33-34H2,1-4H3,(H2,81,93)(H,85,102)(H,86,101)(H,87,98)(H,88,100)(H,89,103)(H,90,97)(H,91,99)/t36?,37?,41?,42?,52-,53+,62?,63-,64-,65+,66-,67+,68-,69-/m1/s1. The van der Waals surface area contributed by atoms with Gasteiger partial charge in [-0.3, -0.25) is 38.4 Å². The van der Waals surface area contributed by atoms with Gasteiger partial charge in [0.15, 0.2) is 11.5 Å². The number of likely N-dealkylation sites (N-methyl/N-ethyl adjacent to an activating group) is 1. The van der Waals surface area contributed by atoms with Crippen LogP contribution in [0.25, 0.3) is 11.1 Å². The van der Waals surface area contributed by atoms with Gasteiger partial charge in [0.1, 0.15) is 71.5 Å². The van der Waals surface area contributed by atoms with Crippen LogP contribution in [-0.4, -0.2) is 143 Å². The number of ether oxygens (including phenoxy) is 3. The highest BCUT2D eigenvalue weighted by Crippen LogP contribution is 2.56. The van der Waals surface area contributed by atoms with Crippen molar-refractivity contribution in [3.05, 3.63) is 152 Å². The first-order valence-electron chi connectivity index (χ1n) is 37.1. The first-order valence-corrected chi connectivity index (χ1v) is 39.3. The predicted octanol–water partition coefficient (Wildman–Crippen LogP) is 4.98. The molecule has 33 heteroatoms. The molecule has 111 heavy (non-hydrogen) atoms. The number of aliphatic hydroxyl groups is 4. The van der Waals surface area contributed by atoms with Crippen molar-refractivity contribution < 1.29 is 91.6 Å². The Kier molecular flexibility index (Phi) is 23.3. The molecule has 590 valence electrons. The molecule has 5 heterocycles. The van der Waals surface area contributed by atoms with Crippen molar-refractivity contribution in [3.8, 4) is 51.4 Å². The lowest BCUT2D eigenvalue weighted by Crippen LogP contribution is -2.59. The van der Waals surface area contributed by atoms with Crippen molar-refractivity contribution in [2.75, 3.05) is 26.7 Å². The molecule has 18 N–H and O–H groups in total. The number of sulfonamides is 1. The number of unbranched alkanes of at least 4 members (excludes halogenated alkanes) is 2. The lowest BCUT2D eigenvalue weighted by molar-refractivity contribution is -0.138. The summed E-state index contributed by atoms with van der Waals surface area (Å²) in [6.45, 7) is 5.48. The molecule has 0 spiro atoms. The monoisotopic (exact) mass is 1590 g/mol. The Labute approximate surface area is 649 Å². The summed E-state index contributed by atoms with van der Waals surface area (Å²) in [7, 11) is -2.59. The number of nitrogens with two attached hydrogens (primary N) is 1. The molecule has 0 saturated heterocycles. The Hall–Kier alpha value is -9.67. The normalized spacial score (nSPS) is 25.3. The molecule has 15 bridgehead atoms. The van der Waals surface area contributed by atoms with Crippen molar-refractivity contribution in [2.45, 2.75) is 163 Å². The third-order valence-electron chi connectivity index (χ3n) is 22.0. The van der Waals surface area contributed by atoms with Gasteiger partial charge in [-0.25, -0.2) is 13.1 Å². The second kappa shape index (κ2) is 32.6. The molecule has 5 aliphatic heterocycles. The number of benzene rings is 6. The fourth-order valence-corrected chi connectivity index (χ4v) is 18.2. The number of phenolic OH excluding ortho intramolecular Hbond substituents is 2. The van der Waals surface area contributed by atoms with Gasteiger partial charge in [-0.1, -0.05) is 81.1 Å². The zero-order valence-electron chi connectivity index (χ0n) is 61.0. The summed E-state index contributed by atoms with van der Waals surface area (Å²) in [6, 6.07) is 6.65. The molecule has 6 aromatic rings. The summed E-state index contributed by atoms with van der Waals surface area (Å²) >= 11 is 13.9. The van der Waals surface area contributed by atoms with E-state index in [0.717, 1.165) is 63.5 Å². The molecule has 10 aliphatic rings. The number of carbonyl (C=O) groups excluding carboxylic acids is 8. The van der Waals surface area contributed by atoms with Gasteiger partial charge in [0, 0.05) is 42.4 Å². The lowest BCUT2D eigenvalue weighted by atomic mass is 9.54. The van der Waals surface area contributed by atoms with E-state index in [2.05, 4.69) is 59.5 Å². The third-order valence-corrected chi connectivity index (χ3v) is 24.1. The molecule has 30 nitrogen and oxygen atoms in total. The van der Waals surface area contributed by atoms with Crippen molar-refractivity contribution in [2.24, 2.45) is 35.3 Å². The summed E-state index contributed by atoms with van der Waals surface area (Å²) < 4.78 is 48.0. The number of carbonyl (C=O) groups is 8. The van der Waals surface area contributed by atoms with E-state index in [-0.39, 0.29) is 120 Å². The Morgan fingerprint density at radius 3 is 1.91 bits per heavy atom. The number of aromatic hydroxyl groups is 2. The minimum atomic E-state index is -4.10. The van der Waals surface area contributed by atoms with Crippen LogP contribution >= 0.6 is 23.2 Å². The Bertz CT molecular complexity index is 4770. The second-order valence-corrected chi connectivity index (χ2v) is 32.7. The van der Waals surface area contributed by atoms with Crippen LogP contribution in [0.4, 0.5) is 0 Å². The first kappa shape index (κ1) is 79.4. The van der Waals surface area contributed by atoms with Gasteiger partial charge in [0.05, 0.1) is 34.0 Å². The molecule has 0 unspecified atom stereocenters. The van der Waals surface area contributed by atoms with E-state index in [1.54, 1.807) is 12.1 Å². The fourth-order valence-electron chi connectivity index (χ4n) is 16.7. The van der Waals surface area contributed by atoms with E-state index in [1.807, 2.05) is 13.8 Å². The van der Waals surface area contributed by atoms with Gasteiger partial charge in [-0.05, 0) is 193 Å². The van der Waals surface area contributed by atoms with E-state index in [0.29, 0.717) is 24.2 Å². The molecule has 16 rings (SSSR count). The van der Waals surface area contributed by atoms with Gasteiger partial charge in [-0.15, -0.1) is 0 Å². The molecule has 5 aliphatic carbocycles. The van der Waals surface area contributed by atoms with Crippen molar-refractivity contribution in [1.29, 1.82) is 0 Å². The molecule has 0 aromatic heterocycles. The molecule has 4 fully saturated rings. The minimum Gasteiger partial charge on any atom is -0.508 e. The lowest BCUT2D eigenvalue weighted by Gasteiger charge is -2.54. The van der Waals surface area contributed by atoms with Gasteiger partial charge >= 0.3 is 0 Å². The molecule has 0 radical (unpaired) electrons. The molecule has 8 amide bonds. The number of halogens is 2. The second-order valence-electron chi connectivity index (χ2n) is 30.1. The van der Waals surface area contributed by atoms with E-state index < -0.39 is 159 Å². The Balaban J connectivity index is 0.932. The van der Waals surface area contributed by atoms with E-state index >= 15 is 24.0 Å². The predicted molar refractivity (Wildman–Crippen MR) is 402 cm³/mol. The van der Waals surface area contributed by atoms with Crippen molar-refractivity contribution in [3.63, 3.8) is 0 Å². The topological polar surface area (TPSA) is 466 Å². The number of hydrogen-bond acceptors (Lipinski definition) is 21. The molecular formula is C78H89Cl2N11O19S. The number of hydrogen-bond donors (Lipinski definition) is 17. The van der Waals surface area contributed by atoms with E-state index in [1.165, 1.54) is 79.8 Å². The van der Waals surface area contributed by atoms with Crippen LogP contribution in [0.3, 0.4) is 0 Å². The summed E-state index contributed by atoms with van der Waals surface area (Å²) in [5.41, 5.74) is 3.61. The van der Waals surface area contributed by atoms with Crippen LogP contribution in [-0.2, 0) is 60.7 Å². The summed E-state index contributed by atoms with van der Waals surface area (Å²) in [6.07, 6.45) is 2.41. The SMILES string of the molecule is CCCCCOc1ccc(S(=O)(=O)NCCNCc2c(O)cc3c4c2C(O)(O)c2ccc(cc2-4)[C@H]2NC(=O)[C@@H]4NC(=O)[C@H](CC(N)=O)NC(=O)[C@H](NC(=O)[C@@H](CC(C)C)NC)[C@H](O)c5ccc(c(Cl)c5)Oc5cc4cc(c5O)Oc4ccc(cc4Cl)[C@@H](O)[C@H](NC2=O)C(=O)N[C@@H]3C(=O)NC2C3CC4CC(C3)CC2C4)cc1. The van der Waals surface area contributed by atoms with Crippen molar-refractivity contribution in [1.82, 2.24) is 52.6 Å². The van der Waals surface area contributed by atoms with Crippen LogP contribution in [0.1, 0.15) is 160 Å². The summed E-state index contributed by atoms with van der Waals surface area (Å²) in [5.74, 6) is -13.8. The summed E-state index contributed by atoms with van der Waals surface area (Å²) in [5, 5.41) is 99.3. The van der Waals surface area contributed by atoms with Crippen molar-refractivity contribution >= 4 is 80.5 Å². The van der Waals surface area contributed by atoms with Crippen LogP contribution in [0.2, 0.25) is 10.0 Å². The zero-order valence-corrected chi connectivity index (χ0v) is 63.4. The van der Waals surface area contributed by atoms with Crippen LogP contribution in [0, 0.1) is 29.6 Å². The number of aliphatic hydroxyl groups excluding tert-OH is 2. The van der Waals surface area contributed by atoms with Gasteiger partial charge < -0.3 is 98.4 Å². The maximum absolute atomic E-state index is 16.0. The number of nitrogens with one attached hydrogen (secondary N) is 10. The maximum atomic E-state index is 16.0. The van der Waals surface area contributed by atoms with Crippen LogP contribution in [0.5, 0.6) is 40.2 Å². The highest BCUT2D eigenvalue weighted by Gasteiger charge is 2.52. The third kappa shape index (κ3) is 16.5. The largest absolute Gasteiger partial charge is 0.508 e. The minimum absolute atomic E-state index is 0.0479. The number of primary amides is 1. The van der Waals surface area contributed by atoms with Crippen LogP contribution < -0.4 is 72.5 Å². The van der Waals surface area contributed by atoms with E-state index in [4.69, 9.17) is 43.1 Å². The molecule has 6 aromatic carbocycles. The Morgan fingerprint density at radius 1 is 0.685 bits per heavy atom. The quantitative estimate of drug-likeness (QED) is 0.0334. The average molecular weight is 1590 g/mol. The number of amides is 8. The first-order chi connectivity index (χ1) is 52.9. The molecular weight excluding hydrogens is 1500 g/mol. The smallest absolute Gasteiger partial charge is 0.248 e. The highest BCUT2D eigenvalue weighted by molar-refractivity contribution is 7.89. The highest BCUT2D eigenvalue weighted by atomic mass is 35.5. The van der Waals surface area contributed by atoms with E-state index in [9.17, 15) is 53.4 Å². The Morgan fingerprint density at radius 2 is 1.30 bits per heavy atom. The van der Waals surface area contributed by atoms with Gasteiger partial charge in [0.25, 0.3) is 0 Å². The van der Waals surface area contributed by atoms with Crippen LogP contribution in [0.15, 0.2) is 102 Å². The maximum Gasteiger partial charge on any atom is 0.248 e. The number of rotatable bonds is 21. The van der Waals surface area contributed by atoms with Gasteiger partial charge in [-0.2, -0.15) is 0 Å².